The predicted molar refractivity (Wildman–Crippen MR) is 72.1 cm³/mol. The van der Waals surface area contributed by atoms with Crippen LogP contribution in [0.4, 0.5) is 0 Å². The van der Waals surface area contributed by atoms with Crippen molar-refractivity contribution >= 4 is 0 Å². The number of phenols is 1. The van der Waals surface area contributed by atoms with E-state index in [0.717, 1.165) is 30.8 Å². The van der Waals surface area contributed by atoms with Gasteiger partial charge in [0.2, 0.25) is 0 Å². The lowest BCUT2D eigenvalue weighted by atomic mass is 10.1. The lowest BCUT2D eigenvalue weighted by Crippen LogP contribution is -2.31. The van der Waals surface area contributed by atoms with Gasteiger partial charge >= 0.3 is 0 Å². The molecule has 0 radical (unpaired) electrons. The number of benzene rings is 1. The van der Waals surface area contributed by atoms with Gasteiger partial charge in [-0.1, -0.05) is 0 Å². The van der Waals surface area contributed by atoms with Crippen LogP contribution < -0.4 is 10.1 Å². The molecule has 2 atom stereocenters. The van der Waals surface area contributed by atoms with E-state index >= 15 is 0 Å². The first-order chi connectivity index (χ1) is 8.65. The van der Waals surface area contributed by atoms with Crippen molar-refractivity contribution in [1.29, 1.82) is 0 Å². The molecule has 0 spiro atoms. The molecule has 1 saturated heterocycles. The number of nitrogens with zero attached hydrogens (tertiary/aromatic N) is 1. The minimum atomic E-state index is 0.207. The van der Waals surface area contributed by atoms with Crippen LogP contribution in [0.25, 0.3) is 0 Å². The van der Waals surface area contributed by atoms with Gasteiger partial charge < -0.3 is 15.2 Å². The van der Waals surface area contributed by atoms with Gasteiger partial charge in [0, 0.05) is 30.7 Å². The van der Waals surface area contributed by atoms with Crippen molar-refractivity contribution in [2.45, 2.75) is 25.4 Å². The average Bonchev–Trinajstić information content (AvgIpc) is 2.87. The van der Waals surface area contributed by atoms with Crippen LogP contribution in [0.5, 0.6) is 11.5 Å². The van der Waals surface area contributed by atoms with Gasteiger partial charge in [-0.25, -0.2) is 0 Å². The molecule has 1 aliphatic rings. The molecule has 0 amide bonds. The molecular formula is C14H22N2O2. The molecule has 2 unspecified atom stereocenters. The maximum absolute atomic E-state index is 9.99. The van der Waals surface area contributed by atoms with E-state index in [1.54, 1.807) is 19.2 Å². The Morgan fingerprint density at radius 2 is 2.28 bits per heavy atom. The third-order valence-electron chi connectivity index (χ3n) is 3.86. The SMILES string of the molecule is CNC1CCN(C(C)c2cc(OC)ccc2O)C1. The highest BCUT2D eigenvalue weighted by atomic mass is 16.5. The molecule has 1 aromatic rings. The number of methoxy groups -OCH3 is 1. The summed E-state index contributed by atoms with van der Waals surface area (Å²) in [7, 11) is 3.65. The van der Waals surface area contributed by atoms with Crippen molar-refractivity contribution < 1.29 is 9.84 Å². The molecule has 2 rings (SSSR count). The van der Waals surface area contributed by atoms with E-state index in [2.05, 4.69) is 17.1 Å². The summed E-state index contributed by atoms with van der Waals surface area (Å²) >= 11 is 0. The van der Waals surface area contributed by atoms with Gasteiger partial charge in [-0.05, 0) is 38.6 Å². The van der Waals surface area contributed by atoms with Gasteiger partial charge in [-0.15, -0.1) is 0 Å². The van der Waals surface area contributed by atoms with E-state index < -0.39 is 0 Å². The first-order valence-corrected chi connectivity index (χ1v) is 6.44. The number of ether oxygens (including phenoxy) is 1. The number of hydrogen-bond donors (Lipinski definition) is 2. The van der Waals surface area contributed by atoms with Gasteiger partial charge in [0.15, 0.2) is 0 Å². The van der Waals surface area contributed by atoms with Crippen LogP contribution in [-0.4, -0.2) is 43.3 Å². The standard InChI is InChI=1S/C14H22N2O2/c1-10(16-7-6-11(9-16)15-2)13-8-12(18-3)4-5-14(13)17/h4-5,8,10-11,15,17H,6-7,9H2,1-3H3. The van der Waals surface area contributed by atoms with Crippen LogP contribution in [-0.2, 0) is 0 Å². The molecule has 4 heteroatoms. The molecule has 0 bridgehead atoms. The largest absolute Gasteiger partial charge is 0.508 e. The molecule has 4 nitrogen and oxygen atoms in total. The van der Waals surface area contributed by atoms with Gasteiger partial charge in [-0.2, -0.15) is 0 Å². The number of rotatable bonds is 4. The number of aromatic hydroxyl groups is 1. The van der Waals surface area contributed by atoms with Crippen molar-refractivity contribution in [2.75, 3.05) is 27.2 Å². The van der Waals surface area contributed by atoms with Crippen LogP contribution >= 0.6 is 0 Å². The van der Waals surface area contributed by atoms with E-state index in [0.29, 0.717) is 11.8 Å². The van der Waals surface area contributed by atoms with E-state index in [9.17, 15) is 5.11 Å². The molecule has 18 heavy (non-hydrogen) atoms. The summed E-state index contributed by atoms with van der Waals surface area (Å²) in [5.74, 6) is 1.13. The topological polar surface area (TPSA) is 44.7 Å². The van der Waals surface area contributed by atoms with Gasteiger partial charge in [0.1, 0.15) is 11.5 Å². The third kappa shape index (κ3) is 2.60. The van der Waals surface area contributed by atoms with E-state index in [4.69, 9.17) is 4.74 Å². The smallest absolute Gasteiger partial charge is 0.120 e. The zero-order valence-electron chi connectivity index (χ0n) is 11.3. The lowest BCUT2D eigenvalue weighted by molar-refractivity contribution is 0.251. The minimum absolute atomic E-state index is 0.207. The summed E-state index contributed by atoms with van der Waals surface area (Å²) in [5, 5.41) is 13.3. The van der Waals surface area contributed by atoms with Crippen molar-refractivity contribution in [2.24, 2.45) is 0 Å². The molecule has 1 aromatic carbocycles. The zero-order chi connectivity index (χ0) is 13.1. The van der Waals surface area contributed by atoms with Crippen molar-refractivity contribution in [3.05, 3.63) is 23.8 Å². The molecular weight excluding hydrogens is 228 g/mol. The fourth-order valence-corrected chi connectivity index (χ4v) is 2.57. The minimum Gasteiger partial charge on any atom is -0.508 e. The molecule has 1 fully saturated rings. The Kier molecular flexibility index (Phi) is 4.09. The maximum Gasteiger partial charge on any atom is 0.120 e. The zero-order valence-corrected chi connectivity index (χ0v) is 11.3. The average molecular weight is 250 g/mol. The van der Waals surface area contributed by atoms with Gasteiger partial charge in [-0.3, -0.25) is 4.90 Å². The molecule has 1 aliphatic heterocycles. The maximum atomic E-state index is 9.99. The summed E-state index contributed by atoms with van der Waals surface area (Å²) < 4.78 is 5.22. The summed E-state index contributed by atoms with van der Waals surface area (Å²) in [4.78, 5) is 2.38. The summed E-state index contributed by atoms with van der Waals surface area (Å²) in [6.07, 6.45) is 1.16. The predicted octanol–water partition coefficient (Wildman–Crippen LogP) is 1.76. The Morgan fingerprint density at radius 1 is 1.50 bits per heavy atom. The summed E-state index contributed by atoms with van der Waals surface area (Å²) in [5.41, 5.74) is 0.936. The van der Waals surface area contributed by atoms with E-state index in [1.165, 1.54) is 0 Å². The number of phenolic OH excluding ortho intramolecular Hbond substituents is 1. The van der Waals surface area contributed by atoms with E-state index in [1.807, 2.05) is 13.1 Å². The Morgan fingerprint density at radius 3 is 2.89 bits per heavy atom. The Bertz CT molecular complexity index is 409. The Balaban J connectivity index is 2.15. The number of hydrogen-bond acceptors (Lipinski definition) is 4. The van der Waals surface area contributed by atoms with Gasteiger partial charge in [0.05, 0.1) is 7.11 Å². The number of likely N-dealkylation sites (tertiary alicyclic amines) is 1. The highest BCUT2D eigenvalue weighted by molar-refractivity contribution is 5.41. The highest BCUT2D eigenvalue weighted by Gasteiger charge is 2.27. The fraction of sp³-hybridized carbons (Fsp3) is 0.571. The number of likely N-dealkylation sites (N-methyl/N-ethyl adjacent to an activating group) is 1. The van der Waals surface area contributed by atoms with Crippen LogP contribution in [0.1, 0.15) is 24.9 Å². The van der Waals surface area contributed by atoms with E-state index in [-0.39, 0.29) is 6.04 Å². The molecule has 0 aromatic heterocycles. The Labute approximate surface area is 109 Å². The van der Waals surface area contributed by atoms with Crippen LogP contribution in [0, 0.1) is 0 Å². The van der Waals surface area contributed by atoms with Crippen molar-refractivity contribution in [3.8, 4) is 11.5 Å². The van der Waals surface area contributed by atoms with Crippen LogP contribution in [0.15, 0.2) is 18.2 Å². The lowest BCUT2D eigenvalue weighted by Gasteiger charge is -2.25. The molecule has 100 valence electrons. The fourth-order valence-electron chi connectivity index (χ4n) is 2.57. The monoisotopic (exact) mass is 250 g/mol. The second-order valence-corrected chi connectivity index (χ2v) is 4.87. The second-order valence-electron chi connectivity index (χ2n) is 4.87. The molecule has 0 saturated carbocycles. The normalized spacial score (nSPS) is 22.1. The first-order valence-electron chi connectivity index (χ1n) is 6.44. The number of nitrogens with one attached hydrogen (secondary N) is 1. The van der Waals surface area contributed by atoms with Crippen molar-refractivity contribution in [1.82, 2.24) is 10.2 Å². The first kappa shape index (κ1) is 13.2. The molecule has 0 aliphatic carbocycles. The van der Waals surface area contributed by atoms with Crippen LogP contribution in [0.3, 0.4) is 0 Å². The Hall–Kier alpha value is -1.26. The highest BCUT2D eigenvalue weighted by Crippen LogP contribution is 2.33. The quantitative estimate of drug-likeness (QED) is 0.854. The van der Waals surface area contributed by atoms with Crippen LogP contribution in [0.2, 0.25) is 0 Å². The third-order valence-corrected chi connectivity index (χ3v) is 3.86. The van der Waals surface area contributed by atoms with Gasteiger partial charge in [0.25, 0.3) is 0 Å². The summed E-state index contributed by atoms with van der Waals surface area (Å²) in [6.45, 7) is 4.21. The van der Waals surface area contributed by atoms with Crippen molar-refractivity contribution in [3.63, 3.8) is 0 Å². The second kappa shape index (κ2) is 5.59. The molecule has 2 N–H and O–H groups in total. The molecule has 1 heterocycles. The summed E-state index contributed by atoms with van der Waals surface area (Å²) in [6, 6.07) is 6.17.